The first kappa shape index (κ1) is 5.56. The van der Waals surface area contributed by atoms with E-state index in [1.807, 2.05) is 0 Å². The van der Waals surface area contributed by atoms with Gasteiger partial charge >= 0.3 is 0 Å². The van der Waals surface area contributed by atoms with Crippen LogP contribution >= 0.6 is 0 Å². The van der Waals surface area contributed by atoms with E-state index in [0.29, 0.717) is 6.04 Å². The molecule has 3 heteroatoms. The molecule has 0 bridgehead atoms. The summed E-state index contributed by atoms with van der Waals surface area (Å²) in [4.78, 5) is 0. The van der Waals surface area contributed by atoms with E-state index >= 15 is 0 Å². The van der Waals surface area contributed by atoms with Crippen LogP contribution in [0, 0.1) is 0 Å². The Balaban J connectivity index is 2.42. The summed E-state index contributed by atoms with van der Waals surface area (Å²) < 4.78 is 0. The number of hydrogen-bond acceptors (Lipinski definition) is 3. The van der Waals surface area contributed by atoms with Gasteiger partial charge in [-0.25, -0.2) is 0 Å². The molecule has 0 aliphatic carbocycles. The minimum Gasteiger partial charge on any atom is -0.323 e. The third-order valence-electron chi connectivity index (χ3n) is 1.19. The predicted molar refractivity (Wildman–Crippen MR) is 33.7 cm³/mol. The number of hydrazone groups is 1. The molecule has 0 amide bonds. The van der Waals surface area contributed by atoms with E-state index in [-0.39, 0.29) is 6.04 Å². The van der Waals surface area contributed by atoms with Gasteiger partial charge in [-0.1, -0.05) is 0 Å². The van der Waals surface area contributed by atoms with Crippen LogP contribution in [0.3, 0.4) is 0 Å². The van der Waals surface area contributed by atoms with Crippen molar-refractivity contribution in [2.45, 2.75) is 25.4 Å². The third-order valence-corrected chi connectivity index (χ3v) is 1.19. The Labute approximate surface area is 48.9 Å². The normalized spacial score (nSPS) is 36.8. The van der Waals surface area contributed by atoms with Crippen molar-refractivity contribution in [3.63, 3.8) is 0 Å². The highest BCUT2D eigenvalue weighted by Crippen LogP contribution is 1.96. The van der Waals surface area contributed by atoms with Crippen LogP contribution in [0.15, 0.2) is 5.10 Å². The Morgan fingerprint density at radius 1 is 1.88 bits per heavy atom. The third kappa shape index (κ3) is 1.20. The smallest absolute Gasteiger partial charge is 0.0437 e. The zero-order valence-electron chi connectivity index (χ0n) is 4.96. The summed E-state index contributed by atoms with van der Waals surface area (Å²) >= 11 is 0. The van der Waals surface area contributed by atoms with Gasteiger partial charge in [0.2, 0.25) is 0 Å². The lowest BCUT2D eigenvalue weighted by molar-refractivity contribution is 0.496. The maximum Gasteiger partial charge on any atom is 0.0437 e. The molecule has 1 aliphatic heterocycles. The summed E-state index contributed by atoms with van der Waals surface area (Å²) in [6.45, 7) is 2.07. The van der Waals surface area contributed by atoms with Gasteiger partial charge in [0.05, 0.1) is 0 Å². The lowest BCUT2D eigenvalue weighted by Gasteiger charge is -2.18. The fourth-order valence-corrected chi connectivity index (χ4v) is 0.788. The van der Waals surface area contributed by atoms with Crippen molar-refractivity contribution < 1.29 is 0 Å². The van der Waals surface area contributed by atoms with Crippen LogP contribution in [0.4, 0.5) is 0 Å². The van der Waals surface area contributed by atoms with Gasteiger partial charge in [-0.15, -0.1) is 0 Å². The molecule has 0 radical (unpaired) electrons. The molecule has 0 saturated heterocycles. The summed E-state index contributed by atoms with van der Waals surface area (Å²) in [6.07, 6.45) is 2.73. The topological polar surface area (TPSA) is 50.4 Å². The van der Waals surface area contributed by atoms with E-state index in [0.717, 1.165) is 6.42 Å². The molecule has 3 nitrogen and oxygen atoms in total. The number of hydrogen-bond donors (Lipinski definition) is 2. The molecule has 1 rings (SSSR count). The number of nitrogens with two attached hydrogens (primary N) is 1. The molecular weight excluding hydrogens is 102 g/mol. The molecule has 1 heterocycles. The molecule has 0 aromatic carbocycles. The van der Waals surface area contributed by atoms with Crippen molar-refractivity contribution in [3.05, 3.63) is 0 Å². The zero-order valence-corrected chi connectivity index (χ0v) is 4.96. The van der Waals surface area contributed by atoms with Gasteiger partial charge < -0.3 is 11.2 Å². The van der Waals surface area contributed by atoms with Crippen molar-refractivity contribution in [2.24, 2.45) is 10.8 Å². The van der Waals surface area contributed by atoms with E-state index in [4.69, 9.17) is 5.73 Å². The van der Waals surface area contributed by atoms with Crippen LogP contribution in [0.2, 0.25) is 0 Å². The largest absolute Gasteiger partial charge is 0.323 e. The molecule has 8 heavy (non-hydrogen) atoms. The van der Waals surface area contributed by atoms with E-state index in [2.05, 4.69) is 17.5 Å². The predicted octanol–water partition coefficient (Wildman–Crippen LogP) is -0.319. The molecule has 2 unspecified atom stereocenters. The summed E-state index contributed by atoms with van der Waals surface area (Å²) in [6, 6.07) is 0.598. The molecule has 1 aliphatic rings. The molecule has 0 aromatic rings. The Morgan fingerprint density at radius 3 is 3.00 bits per heavy atom. The molecule has 2 atom stereocenters. The van der Waals surface area contributed by atoms with E-state index < -0.39 is 0 Å². The second kappa shape index (κ2) is 2.13. The van der Waals surface area contributed by atoms with Crippen LogP contribution < -0.4 is 11.2 Å². The highest BCUT2D eigenvalue weighted by Gasteiger charge is 2.08. The van der Waals surface area contributed by atoms with Gasteiger partial charge in [0.25, 0.3) is 0 Å². The minimum absolute atomic E-state index is 0.159. The molecule has 0 aromatic heterocycles. The first-order chi connectivity index (χ1) is 3.79. The second-order valence-electron chi connectivity index (χ2n) is 2.21. The quantitative estimate of drug-likeness (QED) is 0.452. The number of nitrogens with zero attached hydrogens (tertiary/aromatic N) is 1. The van der Waals surface area contributed by atoms with Crippen LogP contribution in [0.1, 0.15) is 13.3 Å². The van der Waals surface area contributed by atoms with Gasteiger partial charge in [0.15, 0.2) is 0 Å². The maximum absolute atomic E-state index is 5.54. The Morgan fingerprint density at radius 2 is 2.62 bits per heavy atom. The maximum atomic E-state index is 5.54. The number of rotatable bonds is 0. The summed E-state index contributed by atoms with van der Waals surface area (Å²) in [7, 11) is 0. The Hall–Kier alpha value is -0.570. The summed E-state index contributed by atoms with van der Waals surface area (Å²) in [5, 5.41) is 3.84. The monoisotopic (exact) mass is 113 g/mol. The molecule has 0 fully saturated rings. The highest BCUT2D eigenvalue weighted by atomic mass is 15.3. The van der Waals surface area contributed by atoms with Gasteiger partial charge in [0, 0.05) is 18.3 Å². The average Bonchev–Trinajstić information content (AvgIpc) is 1.64. The van der Waals surface area contributed by atoms with Gasteiger partial charge in [-0.3, -0.25) is 0 Å². The van der Waals surface area contributed by atoms with Gasteiger partial charge in [-0.05, 0) is 13.3 Å². The minimum atomic E-state index is 0.159. The van der Waals surface area contributed by atoms with Crippen LogP contribution in [0.25, 0.3) is 0 Å². The van der Waals surface area contributed by atoms with Crippen LogP contribution in [-0.4, -0.2) is 18.3 Å². The average molecular weight is 113 g/mol. The van der Waals surface area contributed by atoms with Crippen LogP contribution in [0.5, 0.6) is 0 Å². The van der Waals surface area contributed by atoms with Crippen LogP contribution in [-0.2, 0) is 0 Å². The van der Waals surface area contributed by atoms with Crippen molar-refractivity contribution >= 4 is 6.21 Å². The Bertz CT molecular complexity index is 99.8. The Kier molecular flexibility index (Phi) is 1.48. The van der Waals surface area contributed by atoms with E-state index in [1.54, 1.807) is 6.21 Å². The van der Waals surface area contributed by atoms with Gasteiger partial charge in [0.1, 0.15) is 0 Å². The van der Waals surface area contributed by atoms with Crippen molar-refractivity contribution in [2.75, 3.05) is 0 Å². The lowest BCUT2D eigenvalue weighted by Crippen LogP contribution is -2.37. The summed E-state index contributed by atoms with van der Waals surface area (Å²) in [5.41, 5.74) is 8.44. The first-order valence-corrected chi connectivity index (χ1v) is 2.83. The van der Waals surface area contributed by atoms with Crippen molar-refractivity contribution in [3.8, 4) is 0 Å². The van der Waals surface area contributed by atoms with E-state index in [9.17, 15) is 0 Å². The second-order valence-corrected chi connectivity index (χ2v) is 2.21. The fraction of sp³-hybridized carbons (Fsp3) is 0.800. The number of nitrogens with one attached hydrogen (secondary N) is 1. The SMILES string of the molecule is CC1CC(N)C=NN1. The molecule has 0 saturated carbocycles. The standard InChI is InChI=1S/C5H11N3/c1-4-2-5(6)3-7-8-4/h3-5,8H,2,6H2,1H3. The molecule has 3 N–H and O–H groups in total. The fourth-order valence-electron chi connectivity index (χ4n) is 0.788. The summed E-state index contributed by atoms with van der Waals surface area (Å²) in [5.74, 6) is 0. The zero-order chi connectivity index (χ0) is 5.98. The van der Waals surface area contributed by atoms with Crippen molar-refractivity contribution in [1.29, 1.82) is 0 Å². The van der Waals surface area contributed by atoms with E-state index in [1.165, 1.54) is 0 Å². The van der Waals surface area contributed by atoms with Crippen molar-refractivity contribution in [1.82, 2.24) is 5.43 Å². The highest BCUT2D eigenvalue weighted by molar-refractivity contribution is 5.64. The van der Waals surface area contributed by atoms with Gasteiger partial charge in [-0.2, -0.15) is 5.10 Å². The molecule has 0 spiro atoms. The molecular formula is C5H11N3. The molecule has 46 valence electrons. The lowest BCUT2D eigenvalue weighted by atomic mass is 10.1. The first-order valence-electron chi connectivity index (χ1n) is 2.83.